The maximum absolute atomic E-state index is 13.8. The van der Waals surface area contributed by atoms with Gasteiger partial charge in [-0.25, -0.2) is 4.39 Å². The lowest BCUT2D eigenvalue weighted by atomic mass is 10.2. The summed E-state index contributed by atoms with van der Waals surface area (Å²) in [5.74, 6) is 0.258. The fourth-order valence-corrected chi connectivity index (χ4v) is 2.69. The van der Waals surface area contributed by atoms with Crippen molar-refractivity contribution in [2.45, 2.75) is 26.2 Å². The zero-order valence-electron chi connectivity index (χ0n) is 12.7. The van der Waals surface area contributed by atoms with E-state index in [0.717, 1.165) is 10.0 Å². The first-order valence-electron chi connectivity index (χ1n) is 7.20. The van der Waals surface area contributed by atoms with E-state index in [9.17, 15) is 9.50 Å². The lowest BCUT2D eigenvalue weighted by molar-refractivity contribution is 0.190. The van der Waals surface area contributed by atoms with Crippen molar-refractivity contribution >= 4 is 27.5 Å². The molecule has 0 saturated carbocycles. The van der Waals surface area contributed by atoms with Gasteiger partial charge in [-0.3, -0.25) is 0 Å². The van der Waals surface area contributed by atoms with Crippen LogP contribution in [0.1, 0.15) is 18.1 Å². The third-order valence-corrected chi connectivity index (χ3v) is 4.06. The number of benzene rings is 2. The molecule has 124 valence electrons. The number of rotatable bonds is 7. The van der Waals surface area contributed by atoms with Crippen molar-refractivity contribution < 1.29 is 14.2 Å². The second-order valence-corrected chi connectivity index (χ2v) is 6.54. The van der Waals surface area contributed by atoms with Gasteiger partial charge in [0.25, 0.3) is 0 Å². The van der Waals surface area contributed by atoms with Crippen LogP contribution in [-0.4, -0.2) is 17.8 Å². The molecule has 0 amide bonds. The Kier molecular flexibility index (Phi) is 6.84. The largest absolute Gasteiger partial charge is 0.488 e. The van der Waals surface area contributed by atoms with E-state index in [1.807, 2.05) is 18.2 Å². The summed E-state index contributed by atoms with van der Waals surface area (Å²) in [6.45, 7) is 2.78. The van der Waals surface area contributed by atoms with Crippen molar-refractivity contribution in [2.24, 2.45) is 0 Å². The van der Waals surface area contributed by atoms with E-state index in [0.29, 0.717) is 29.4 Å². The lowest BCUT2D eigenvalue weighted by Gasteiger charge is -2.14. The molecule has 6 heteroatoms. The van der Waals surface area contributed by atoms with Crippen LogP contribution in [0.3, 0.4) is 0 Å². The highest BCUT2D eigenvalue weighted by atomic mass is 79.9. The molecule has 23 heavy (non-hydrogen) atoms. The third kappa shape index (κ3) is 5.46. The number of nitrogens with one attached hydrogen (secondary N) is 1. The molecule has 0 saturated heterocycles. The Morgan fingerprint density at radius 2 is 2.13 bits per heavy atom. The van der Waals surface area contributed by atoms with Crippen LogP contribution in [-0.2, 0) is 13.2 Å². The monoisotopic (exact) mass is 401 g/mol. The Morgan fingerprint density at radius 1 is 1.35 bits per heavy atom. The molecule has 0 aliphatic heterocycles. The predicted molar refractivity (Wildman–Crippen MR) is 93.3 cm³/mol. The number of aliphatic hydroxyl groups excluding tert-OH is 1. The van der Waals surface area contributed by atoms with Gasteiger partial charge in [0.15, 0.2) is 0 Å². The van der Waals surface area contributed by atoms with E-state index >= 15 is 0 Å². The second-order valence-electron chi connectivity index (χ2n) is 5.22. The van der Waals surface area contributed by atoms with Crippen molar-refractivity contribution in [1.82, 2.24) is 5.32 Å². The Hall–Kier alpha value is -1.14. The molecule has 0 heterocycles. The van der Waals surface area contributed by atoms with Gasteiger partial charge < -0.3 is 15.2 Å². The van der Waals surface area contributed by atoms with Gasteiger partial charge in [-0.1, -0.05) is 33.6 Å². The Morgan fingerprint density at radius 3 is 2.83 bits per heavy atom. The van der Waals surface area contributed by atoms with E-state index in [1.165, 1.54) is 6.07 Å². The minimum absolute atomic E-state index is 0.0521. The zero-order valence-corrected chi connectivity index (χ0v) is 15.0. The van der Waals surface area contributed by atoms with E-state index in [-0.39, 0.29) is 12.4 Å². The number of ether oxygens (including phenoxy) is 1. The molecule has 0 bridgehead atoms. The molecule has 0 fully saturated rings. The average Bonchev–Trinajstić information content (AvgIpc) is 2.48. The highest BCUT2D eigenvalue weighted by Crippen LogP contribution is 2.26. The third-order valence-electron chi connectivity index (χ3n) is 3.21. The van der Waals surface area contributed by atoms with E-state index in [4.69, 9.17) is 16.3 Å². The lowest BCUT2D eigenvalue weighted by Crippen LogP contribution is -2.24. The van der Waals surface area contributed by atoms with E-state index < -0.39 is 6.10 Å². The minimum atomic E-state index is -0.427. The second kappa shape index (κ2) is 8.64. The molecular weight excluding hydrogens is 385 g/mol. The summed E-state index contributed by atoms with van der Waals surface area (Å²) in [6, 6.07) is 10.2. The van der Waals surface area contributed by atoms with Crippen LogP contribution in [0.15, 0.2) is 40.9 Å². The molecule has 3 nitrogen and oxygen atoms in total. The molecule has 0 aliphatic rings. The first-order chi connectivity index (χ1) is 11.0. The smallest absolute Gasteiger partial charge is 0.131 e. The maximum Gasteiger partial charge on any atom is 0.131 e. The molecule has 0 radical (unpaired) electrons. The van der Waals surface area contributed by atoms with Crippen molar-refractivity contribution in [3.05, 3.63) is 62.8 Å². The molecule has 1 atom stereocenters. The quantitative estimate of drug-likeness (QED) is 0.726. The highest BCUT2D eigenvalue weighted by Gasteiger charge is 2.10. The summed E-state index contributed by atoms with van der Waals surface area (Å²) in [6.07, 6.45) is -0.427. The van der Waals surface area contributed by atoms with E-state index in [2.05, 4.69) is 21.2 Å². The topological polar surface area (TPSA) is 41.5 Å². The molecule has 1 unspecified atom stereocenters. The van der Waals surface area contributed by atoms with Crippen LogP contribution in [0.5, 0.6) is 5.75 Å². The molecule has 0 aromatic heterocycles. The Balaban J connectivity index is 2.10. The van der Waals surface area contributed by atoms with Crippen molar-refractivity contribution in [3.63, 3.8) is 0 Å². The summed E-state index contributed by atoms with van der Waals surface area (Å²) >= 11 is 9.43. The van der Waals surface area contributed by atoms with Crippen LogP contribution in [0.4, 0.5) is 4.39 Å². The number of halogens is 3. The first kappa shape index (κ1) is 18.2. The molecule has 0 aliphatic carbocycles. The van der Waals surface area contributed by atoms with Gasteiger partial charge >= 0.3 is 0 Å². The van der Waals surface area contributed by atoms with Gasteiger partial charge in [0.1, 0.15) is 18.2 Å². The van der Waals surface area contributed by atoms with Gasteiger partial charge in [-0.2, -0.15) is 0 Å². The van der Waals surface area contributed by atoms with Gasteiger partial charge in [0, 0.05) is 28.7 Å². The standard InChI is InChI=1S/C17H18BrClFNO2/c1-11(22)8-21-9-12-7-13(18)5-6-17(12)23-10-14-15(19)3-2-4-16(14)20/h2-7,11,21-22H,8-10H2,1H3. The maximum atomic E-state index is 13.8. The molecular formula is C17H18BrClFNO2. The van der Waals surface area contributed by atoms with Crippen LogP contribution >= 0.6 is 27.5 Å². The van der Waals surface area contributed by atoms with Gasteiger partial charge in [-0.05, 0) is 37.3 Å². The van der Waals surface area contributed by atoms with Crippen molar-refractivity contribution in [2.75, 3.05) is 6.54 Å². The SMILES string of the molecule is CC(O)CNCc1cc(Br)ccc1OCc1c(F)cccc1Cl. The van der Waals surface area contributed by atoms with E-state index in [1.54, 1.807) is 19.1 Å². The van der Waals surface area contributed by atoms with Crippen LogP contribution in [0.2, 0.25) is 5.02 Å². The number of aliphatic hydroxyl groups is 1. The average molecular weight is 403 g/mol. The number of hydrogen-bond donors (Lipinski definition) is 2. The summed E-state index contributed by atoms with van der Waals surface area (Å²) in [4.78, 5) is 0. The summed E-state index contributed by atoms with van der Waals surface area (Å²) < 4.78 is 20.5. The first-order valence-corrected chi connectivity index (χ1v) is 8.37. The van der Waals surface area contributed by atoms with Crippen LogP contribution < -0.4 is 10.1 Å². The zero-order chi connectivity index (χ0) is 16.8. The highest BCUT2D eigenvalue weighted by molar-refractivity contribution is 9.10. The summed E-state index contributed by atoms with van der Waals surface area (Å²) in [5, 5.41) is 12.8. The molecule has 2 rings (SSSR count). The fourth-order valence-electron chi connectivity index (χ4n) is 2.06. The molecule has 2 aromatic carbocycles. The molecule has 2 N–H and O–H groups in total. The normalized spacial score (nSPS) is 12.2. The van der Waals surface area contributed by atoms with Crippen molar-refractivity contribution in [3.8, 4) is 5.75 Å². The Bertz CT molecular complexity index is 647. The summed E-state index contributed by atoms with van der Waals surface area (Å²) in [7, 11) is 0. The molecule has 2 aromatic rings. The molecule has 0 spiro atoms. The van der Waals surface area contributed by atoms with Crippen LogP contribution in [0.25, 0.3) is 0 Å². The van der Waals surface area contributed by atoms with Gasteiger partial charge in [0.2, 0.25) is 0 Å². The van der Waals surface area contributed by atoms with Crippen LogP contribution in [0, 0.1) is 5.82 Å². The predicted octanol–water partition coefficient (Wildman–Crippen LogP) is 4.29. The van der Waals surface area contributed by atoms with Crippen molar-refractivity contribution in [1.29, 1.82) is 0 Å². The minimum Gasteiger partial charge on any atom is -0.488 e. The van der Waals surface area contributed by atoms with Gasteiger partial charge in [-0.15, -0.1) is 0 Å². The summed E-state index contributed by atoms with van der Waals surface area (Å²) in [5.41, 5.74) is 1.24. The Labute approximate surface area is 148 Å². The van der Waals surface area contributed by atoms with Gasteiger partial charge in [0.05, 0.1) is 11.1 Å². The number of hydrogen-bond acceptors (Lipinski definition) is 3. The fraction of sp³-hybridized carbons (Fsp3) is 0.294.